The van der Waals surface area contributed by atoms with Crippen molar-refractivity contribution in [2.24, 2.45) is 5.73 Å². The normalized spacial score (nSPS) is 14.2. The molecule has 0 unspecified atom stereocenters. The predicted molar refractivity (Wildman–Crippen MR) is 151 cm³/mol. The molecule has 2 aromatic carbocycles. The summed E-state index contributed by atoms with van der Waals surface area (Å²) >= 11 is 5.80. The molecule has 1 aliphatic rings. The second kappa shape index (κ2) is 14.7. The van der Waals surface area contributed by atoms with Crippen LogP contribution in [0.2, 0.25) is 5.02 Å². The van der Waals surface area contributed by atoms with Crippen LogP contribution in [0, 0.1) is 11.6 Å². The van der Waals surface area contributed by atoms with Crippen molar-refractivity contribution in [2.75, 3.05) is 59.4 Å². The number of piperazine rings is 1. The Bertz CT molecular complexity index is 1360. The number of nitrogens with two attached hydrogens (primary N) is 1. The van der Waals surface area contributed by atoms with Gasteiger partial charge in [0, 0.05) is 57.8 Å². The summed E-state index contributed by atoms with van der Waals surface area (Å²) in [6.45, 7) is 2.79. The van der Waals surface area contributed by atoms with E-state index in [-0.39, 0.29) is 37.2 Å². The van der Waals surface area contributed by atoms with Gasteiger partial charge in [0.2, 0.25) is 27.7 Å². The fourth-order valence-corrected chi connectivity index (χ4v) is 5.78. The number of ether oxygens (including phenoxy) is 1. The number of carbonyl (C=O) groups excluding carboxylic acids is 3. The minimum atomic E-state index is -4.61. The first-order valence-electron chi connectivity index (χ1n) is 13.3. The summed E-state index contributed by atoms with van der Waals surface area (Å²) in [5.41, 5.74) is 5.25. The van der Waals surface area contributed by atoms with Crippen molar-refractivity contribution in [3.05, 3.63) is 53.1 Å². The number of hydrogen-bond acceptors (Lipinski definition) is 7. The number of benzene rings is 2. The Balaban J connectivity index is 1.65. The van der Waals surface area contributed by atoms with E-state index in [9.17, 15) is 31.6 Å². The average molecular weight is 630 g/mol. The molecule has 0 radical (unpaired) electrons. The standard InChI is InChI=1S/C27H34ClF2N5O6S/c1-3-4-25(37)34-12-10-33(11-13-34)18-26(38)32(2)9-14-35(17-24(31)36)42(39,40)21-15-22(29)27(23(30)16-21)41-20-7-5-19(28)6-8-20/h5-8,15-16H,3-4,9-14,17-18H2,1-2H3,(H2,31,36). The number of nitrogens with zero attached hydrogens (tertiary/aromatic N) is 4. The lowest BCUT2D eigenvalue weighted by Gasteiger charge is -2.35. The predicted octanol–water partition coefficient (Wildman–Crippen LogP) is 2.29. The molecule has 0 aliphatic carbocycles. The highest BCUT2D eigenvalue weighted by Gasteiger charge is 2.30. The second-order valence-corrected chi connectivity index (χ2v) is 12.2. The third-order valence-corrected chi connectivity index (χ3v) is 8.71. The van der Waals surface area contributed by atoms with Crippen LogP contribution in [-0.4, -0.2) is 105 Å². The zero-order valence-electron chi connectivity index (χ0n) is 23.4. The lowest BCUT2D eigenvalue weighted by atomic mass is 10.2. The van der Waals surface area contributed by atoms with Crippen LogP contribution in [-0.2, 0) is 24.4 Å². The first-order chi connectivity index (χ1) is 19.8. The van der Waals surface area contributed by atoms with Crippen molar-refractivity contribution >= 4 is 39.3 Å². The minimum absolute atomic E-state index is 0.0559. The SMILES string of the molecule is CCCC(=O)N1CCN(CC(=O)N(C)CCN(CC(N)=O)S(=O)(=O)c2cc(F)c(Oc3ccc(Cl)cc3)c(F)c2)CC1. The van der Waals surface area contributed by atoms with E-state index in [0.717, 1.165) is 6.42 Å². The van der Waals surface area contributed by atoms with E-state index in [0.29, 0.717) is 54.1 Å². The smallest absolute Gasteiger partial charge is 0.243 e. The van der Waals surface area contributed by atoms with Crippen molar-refractivity contribution in [3.63, 3.8) is 0 Å². The van der Waals surface area contributed by atoms with Gasteiger partial charge in [0.05, 0.1) is 18.0 Å². The quantitative estimate of drug-likeness (QED) is 0.359. The van der Waals surface area contributed by atoms with Crippen LogP contribution in [0.5, 0.6) is 11.5 Å². The molecule has 0 atom stereocenters. The molecule has 2 N–H and O–H groups in total. The summed E-state index contributed by atoms with van der Waals surface area (Å²) in [5.74, 6) is -4.54. The number of primary amides is 1. The van der Waals surface area contributed by atoms with Crippen molar-refractivity contribution in [3.8, 4) is 11.5 Å². The minimum Gasteiger partial charge on any atom is -0.451 e. The fraction of sp³-hybridized carbons (Fsp3) is 0.444. The molecule has 1 heterocycles. The Labute approximate surface area is 248 Å². The van der Waals surface area contributed by atoms with E-state index in [2.05, 4.69) is 0 Å². The van der Waals surface area contributed by atoms with Gasteiger partial charge >= 0.3 is 0 Å². The van der Waals surface area contributed by atoms with Gasteiger partial charge in [0.1, 0.15) is 5.75 Å². The van der Waals surface area contributed by atoms with Gasteiger partial charge in [-0.2, -0.15) is 4.31 Å². The lowest BCUT2D eigenvalue weighted by molar-refractivity contribution is -0.134. The highest BCUT2D eigenvalue weighted by atomic mass is 35.5. The third-order valence-electron chi connectivity index (χ3n) is 6.63. The second-order valence-electron chi connectivity index (χ2n) is 9.80. The lowest BCUT2D eigenvalue weighted by Crippen LogP contribution is -2.51. The Morgan fingerprint density at radius 1 is 1.02 bits per heavy atom. The van der Waals surface area contributed by atoms with Gasteiger partial charge in [0.15, 0.2) is 17.4 Å². The van der Waals surface area contributed by atoms with Crippen LogP contribution in [0.25, 0.3) is 0 Å². The molecular formula is C27H34ClF2N5O6S. The maximum Gasteiger partial charge on any atom is 0.243 e. The van der Waals surface area contributed by atoms with Gasteiger partial charge in [-0.05, 0) is 42.8 Å². The Morgan fingerprint density at radius 3 is 2.17 bits per heavy atom. The van der Waals surface area contributed by atoms with Gasteiger partial charge in [-0.3, -0.25) is 19.3 Å². The zero-order valence-corrected chi connectivity index (χ0v) is 25.0. The molecule has 0 saturated carbocycles. The van der Waals surface area contributed by atoms with Crippen molar-refractivity contribution < 1.29 is 36.3 Å². The van der Waals surface area contributed by atoms with Crippen LogP contribution >= 0.6 is 11.6 Å². The van der Waals surface area contributed by atoms with Crippen LogP contribution in [0.3, 0.4) is 0 Å². The first-order valence-corrected chi connectivity index (χ1v) is 15.1. The van der Waals surface area contributed by atoms with E-state index in [4.69, 9.17) is 22.1 Å². The van der Waals surface area contributed by atoms with Crippen LogP contribution < -0.4 is 10.5 Å². The number of likely N-dealkylation sites (N-methyl/N-ethyl adjacent to an activating group) is 1. The summed E-state index contributed by atoms with van der Waals surface area (Å²) in [4.78, 5) is 40.8. The van der Waals surface area contributed by atoms with Crippen molar-refractivity contribution in [1.82, 2.24) is 19.0 Å². The van der Waals surface area contributed by atoms with Crippen molar-refractivity contribution in [1.29, 1.82) is 0 Å². The Kier molecular flexibility index (Phi) is 11.6. The number of hydrogen-bond donors (Lipinski definition) is 1. The molecule has 0 bridgehead atoms. The number of carbonyl (C=O) groups is 3. The molecule has 0 aromatic heterocycles. The highest BCUT2D eigenvalue weighted by Crippen LogP contribution is 2.31. The molecule has 0 spiro atoms. The number of halogens is 3. The maximum atomic E-state index is 14.8. The van der Waals surface area contributed by atoms with Crippen LogP contribution in [0.4, 0.5) is 8.78 Å². The summed E-state index contributed by atoms with van der Waals surface area (Å²) in [6, 6.07) is 6.83. The number of sulfonamides is 1. The molecule has 1 fully saturated rings. The van der Waals surface area contributed by atoms with Crippen LogP contribution in [0.15, 0.2) is 41.3 Å². The summed E-state index contributed by atoms with van der Waals surface area (Å²) in [5, 5.41) is 0.380. The van der Waals surface area contributed by atoms with E-state index in [1.54, 1.807) is 4.90 Å². The monoisotopic (exact) mass is 629 g/mol. The molecule has 11 nitrogen and oxygen atoms in total. The molecule has 1 aliphatic heterocycles. The first kappa shape index (κ1) is 33.2. The number of rotatable bonds is 13. The summed E-state index contributed by atoms with van der Waals surface area (Å²) < 4.78 is 62.1. The van der Waals surface area contributed by atoms with Crippen molar-refractivity contribution in [2.45, 2.75) is 24.7 Å². The maximum absolute atomic E-state index is 14.8. The number of amides is 3. The molecule has 42 heavy (non-hydrogen) atoms. The van der Waals surface area contributed by atoms with Gasteiger partial charge < -0.3 is 20.3 Å². The molecule has 1 saturated heterocycles. The molecule has 3 rings (SSSR count). The molecule has 15 heteroatoms. The molecular weight excluding hydrogens is 596 g/mol. The largest absolute Gasteiger partial charge is 0.451 e. The van der Waals surface area contributed by atoms with Crippen LogP contribution in [0.1, 0.15) is 19.8 Å². The van der Waals surface area contributed by atoms with E-state index >= 15 is 0 Å². The third kappa shape index (κ3) is 8.84. The van der Waals surface area contributed by atoms with Gasteiger partial charge in [-0.1, -0.05) is 18.5 Å². The zero-order chi connectivity index (χ0) is 31.0. The average Bonchev–Trinajstić information content (AvgIpc) is 2.93. The van der Waals surface area contributed by atoms with E-state index in [1.807, 2.05) is 11.8 Å². The van der Waals surface area contributed by atoms with Gasteiger partial charge in [-0.15, -0.1) is 0 Å². The molecule has 3 amide bonds. The highest BCUT2D eigenvalue weighted by molar-refractivity contribution is 7.89. The molecule has 2 aromatic rings. The summed E-state index contributed by atoms with van der Waals surface area (Å²) in [7, 11) is -3.14. The Morgan fingerprint density at radius 2 is 1.62 bits per heavy atom. The Hall–Kier alpha value is -3.33. The van der Waals surface area contributed by atoms with E-state index < -0.39 is 44.8 Å². The van der Waals surface area contributed by atoms with Gasteiger partial charge in [0.25, 0.3) is 0 Å². The fourth-order valence-electron chi connectivity index (χ4n) is 4.24. The van der Waals surface area contributed by atoms with E-state index in [1.165, 1.54) is 36.2 Å². The summed E-state index contributed by atoms with van der Waals surface area (Å²) in [6.07, 6.45) is 1.24. The van der Waals surface area contributed by atoms with Gasteiger partial charge in [-0.25, -0.2) is 17.2 Å². The molecule has 230 valence electrons. The topological polar surface area (TPSA) is 134 Å².